The van der Waals surface area contributed by atoms with Crippen LogP contribution in [-0.4, -0.2) is 45.7 Å². The van der Waals surface area contributed by atoms with E-state index in [1.54, 1.807) is 11.3 Å². The van der Waals surface area contributed by atoms with E-state index < -0.39 is 0 Å². The number of aryl methyl sites for hydroxylation is 2. The summed E-state index contributed by atoms with van der Waals surface area (Å²) in [5.74, 6) is 1.77. The van der Waals surface area contributed by atoms with Crippen molar-refractivity contribution in [1.82, 2.24) is 14.9 Å². The smallest absolute Gasteiger partial charge is 0.146 e. The number of nitrogens with zero attached hydrogens (tertiary/aromatic N) is 3. The van der Waals surface area contributed by atoms with Gasteiger partial charge in [0.2, 0.25) is 0 Å². The van der Waals surface area contributed by atoms with E-state index in [0.29, 0.717) is 0 Å². The van der Waals surface area contributed by atoms with Gasteiger partial charge in [-0.05, 0) is 51.8 Å². The zero-order chi connectivity index (χ0) is 16.4. The van der Waals surface area contributed by atoms with Gasteiger partial charge in [-0.3, -0.25) is 4.90 Å². The van der Waals surface area contributed by atoms with Crippen LogP contribution < -0.4 is 5.32 Å². The fourth-order valence-corrected chi connectivity index (χ4v) is 4.13. The van der Waals surface area contributed by atoms with Gasteiger partial charge in [0.05, 0.1) is 24.6 Å². The highest BCUT2D eigenvalue weighted by Crippen LogP contribution is 2.34. The van der Waals surface area contributed by atoms with E-state index in [9.17, 15) is 5.11 Å². The average Bonchev–Trinajstić information content (AvgIpc) is 3.13. The lowest BCUT2D eigenvalue weighted by molar-refractivity contribution is 0.271. The van der Waals surface area contributed by atoms with Gasteiger partial charge < -0.3 is 10.4 Å². The molecule has 3 rings (SSSR count). The minimum atomic E-state index is 0.0346. The molecule has 0 unspecified atom stereocenters. The van der Waals surface area contributed by atoms with Crippen LogP contribution in [0.2, 0.25) is 0 Å². The highest BCUT2D eigenvalue weighted by atomic mass is 32.1. The van der Waals surface area contributed by atoms with Gasteiger partial charge in [-0.2, -0.15) is 0 Å². The summed E-state index contributed by atoms with van der Waals surface area (Å²) in [6.07, 6.45) is 3.41. The van der Waals surface area contributed by atoms with E-state index >= 15 is 0 Å². The Kier molecular flexibility index (Phi) is 5.14. The maximum atomic E-state index is 9.52. The molecule has 0 aromatic carbocycles. The van der Waals surface area contributed by atoms with Gasteiger partial charge in [0.25, 0.3) is 0 Å². The molecule has 0 aliphatic carbocycles. The Morgan fingerprint density at radius 3 is 2.65 bits per heavy atom. The molecule has 3 heterocycles. The largest absolute Gasteiger partial charge is 0.394 e. The van der Waals surface area contributed by atoms with Crippen molar-refractivity contribution in [3.8, 4) is 0 Å². The van der Waals surface area contributed by atoms with Crippen molar-refractivity contribution in [3.05, 3.63) is 16.3 Å². The molecule has 0 spiro atoms. The number of likely N-dealkylation sites (tertiary alicyclic amines) is 1. The quantitative estimate of drug-likeness (QED) is 0.850. The molecule has 2 aromatic heterocycles. The van der Waals surface area contributed by atoms with E-state index in [2.05, 4.69) is 31.0 Å². The average molecular weight is 334 g/mol. The van der Waals surface area contributed by atoms with Crippen molar-refractivity contribution in [3.63, 3.8) is 0 Å². The van der Waals surface area contributed by atoms with Crippen LogP contribution in [0.5, 0.6) is 0 Å². The van der Waals surface area contributed by atoms with E-state index in [1.807, 2.05) is 0 Å². The molecule has 0 saturated carbocycles. The maximum absolute atomic E-state index is 9.52. The molecule has 5 nitrogen and oxygen atoms in total. The van der Waals surface area contributed by atoms with Gasteiger partial charge in [-0.25, -0.2) is 9.97 Å². The molecule has 126 valence electrons. The number of aliphatic hydroxyl groups excluding tert-OH is 1. The highest BCUT2D eigenvalue weighted by Gasteiger charge is 2.19. The molecule has 6 heteroatoms. The molecule has 2 aromatic rings. The summed E-state index contributed by atoms with van der Waals surface area (Å²) in [7, 11) is 0. The summed E-state index contributed by atoms with van der Waals surface area (Å²) in [4.78, 5) is 14.4. The maximum Gasteiger partial charge on any atom is 0.146 e. The van der Waals surface area contributed by atoms with Gasteiger partial charge in [0, 0.05) is 4.88 Å². The lowest BCUT2D eigenvalue weighted by atomic mass is 10.2. The van der Waals surface area contributed by atoms with Crippen LogP contribution in [0, 0.1) is 13.8 Å². The van der Waals surface area contributed by atoms with Crippen LogP contribution >= 0.6 is 11.3 Å². The van der Waals surface area contributed by atoms with Gasteiger partial charge >= 0.3 is 0 Å². The summed E-state index contributed by atoms with van der Waals surface area (Å²) in [6, 6.07) is 0.0346. The number of hydrogen-bond donors (Lipinski definition) is 2. The molecule has 1 atom stereocenters. The second-order valence-electron chi connectivity index (χ2n) is 6.37. The zero-order valence-corrected chi connectivity index (χ0v) is 15.0. The monoisotopic (exact) mass is 334 g/mol. The molecule has 1 saturated heterocycles. The Morgan fingerprint density at radius 2 is 2.00 bits per heavy atom. The minimum absolute atomic E-state index is 0.0346. The van der Waals surface area contributed by atoms with Crippen LogP contribution in [0.4, 0.5) is 5.82 Å². The van der Waals surface area contributed by atoms with Crippen LogP contribution in [0.3, 0.4) is 0 Å². The molecule has 23 heavy (non-hydrogen) atoms. The first kappa shape index (κ1) is 16.6. The molecule has 0 amide bonds. The molecule has 1 aliphatic heterocycles. The van der Waals surface area contributed by atoms with Crippen LogP contribution in [0.25, 0.3) is 10.2 Å². The van der Waals surface area contributed by atoms with Gasteiger partial charge in [0.1, 0.15) is 16.5 Å². The predicted molar refractivity (Wildman–Crippen MR) is 96.2 cm³/mol. The molecular weight excluding hydrogens is 308 g/mol. The number of thiophene rings is 1. The van der Waals surface area contributed by atoms with Crippen molar-refractivity contribution in [2.45, 2.75) is 52.6 Å². The summed E-state index contributed by atoms with van der Waals surface area (Å²) in [5, 5.41) is 14.1. The number of aliphatic hydroxyl groups is 1. The number of aromatic nitrogens is 2. The normalized spacial score (nSPS) is 17.0. The first-order chi connectivity index (χ1) is 11.1. The zero-order valence-electron chi connectivity index (χ0n) is 14.2. The van der Waals surface area contributed by atoms with Gasteiger partial charge in [0.15, 0.2) is 0 Å². The van der Waals surface area contributed by atoms with Crippen molar-refractivity contribution in [2.75, 3.05) is 25.0 Å². The standard InChI is InChI=1S/C17H26N4OS/c1-4-13(10-22)18-16-15-11(2)12(3)23-17(15)20-14(19-16)9-21-7-5-6-8-21/h13,22H,4-10H2,1-3H3,(H,18,19,20)/t13-/m1/s1. The third-order valence-electron chi connectivity index (χ3n) is 4.69. The molecule has 2 N–H and O–H groups in total. The Bertz CT molecular complexity index is 675. The van der Waals surface area contributed by atoms with Crippen LogP contribution in [0.15, 0.2) is 0 Å². The fourth-order valence-electron chi connectivity index (χ4n) is 3.08. The molecule has 0 radical (unpaired) electrons. The topological polar surface area (TPSA) is 61.3 Å². The lowest BCUT2D eigenvalue weighted by Gasteiger charge is -2.18. The Balaban J connectivity index is 1.98. The summed E-state index contributed by atoms with van der Waals surface area (Å²) < 4.78 is 0. The van der Waals surface area contributed by atoms with E-state index in [1.165, 1.54) is 23.3 Å². The van der Waals surface area contributed by atoms with Crippen molar-refractivity contribution < 1.29 is 5.11 Å². The third-order valence-corrected chi connectivity index (χ3v) is 5.79. The number of fused-ring (bicyclic) bond motifs is 1. The summed E-state index contributed by atoms with van der Waals surface area (Å²) in [5.41, 5.74) is 1.24. The second-order valence-corrected chi connectivity index (χ2v) is 7.57. The number of anilines is 1. The Hall–Kier alpha value is -1.24. The SMILES string of the molecule is CC[C@H](CO)Nc1nc(CN2CCCC2)nc2sc(C)c(C)c12. The highest BCUT2D eigenvalue weighted by molar-refractivity contribution is 7.18. The first-order valence-electron chi connectivity index (χ1n) is 8.48. The van der Waals surface area contributed by atoms with Crippen molar-refractivity contribution >= 4 is 27.4 Å². The van der Waals surface area contributed by atoms with E-state index in [4.69, 9.17) is 9.97 Å². The Morgan fingerprint density at radius 1 is 1.26 bits per heavy atom. The molecule has 0 bridgehead atoms. The second kappa shape index (κ2) is 7.11. The summed E-state index contributed by atoms with van der Waals surface area (Å²) >= 11 is 1.74. The molecule has 1 aliphatic rings. The number of hydrogen-bond acceptors (Lipinski definition) is 6. The van der Waals surface area contributed by atoms with Gasteiger partial charge in [-0.1, -0.05) is 6.92 Å². The number of rotatable bonds is 6. The third kappa shape index (κ3) is 3.49. The van der Waals surface area contributed by atoms with Gasteiger partial charge in [-0.15, -0.1) is 11.3 Å². The van der Waals surface area contributed by atoms with Crippen LogP contribution in [-0.2, 0) is 6.54 Å². The van der Waals surface area contributed by atoms with Crippen molar-refractivity contribution in [2.24, 2.45) is 0 Å². The first-order valence-corrected chi connectivity index (χ1v) is 9.30. The van der Waals surface area contributed by atoms with E-state index in [0.717, 1.165) is 47.9 Å². The number of nitrogens with one attached hydrogen (secondary N) is 1. The van der Waals surface area contributed by atoms with Crippen LogP contribution in [0.1, 0.15) is 42.5 Å². The van der Waals surface area contributed by atoms with E-state index in [-0.39, 0.29) is 12.6 Å². The Labute approximate surface area is 141 Å². The fraction of sp³-hybridized carbons (Fsp3) is 0.647. The lowest BCUT2D eigenvalue weighted by Crippen LogP contribution is -2.25. The minimum Gasteiger partial charge on any atom is -0.394 e. The van der Waals surface area contributed by atoms with Crippen molar-refractivity contribution in [1.29, 1.82) is 0 Å². The summed E-state index contributed by atoms with van der Waals surface area (Å²) in [6.45, 7) is 9.55. The molecular formula is C17H26N4OS. The predicted octanol–water partition coefficient (Wildman–Crippen LogP) is 3.09. The molecule has 1 fully saturated rings.